The number of anilines is 4. The first-order valence-corrected chi connectivity index (χ1v) is 26.6. The molecule has 74 heavy (non-hydrogen) atoms. The van der Waals surface area contributed by atoms with Gasteiger partial charge in [-0.1, -0.05) is 174 Å². The van der Waals surface area contributed by atoms with Gasteiger partial charge in [-0.3, -0.25) is 4.57 Å². The topological polar surface area (TPSA) is 33.5 Å². The highest BCUT2D eigenvalue weighted by molar-refractivity contribution is 6.11. The summed E-state index contributed by atoms with van der Waals surface area (Å²) in [6.07, 6.45) is 7.57. The summed E-state index contributed by atoms with van der Waals surface area (Å²) in [5.74, 6) is 1.38. The third-order valence-electron chi connectivity index (χ3n) is 14.1. The minimum Gasteiger partial charge on any atom is -0.457 e. The van der Waals surface area contributed by atoms with Crippen LogP contribution in [0.15, 0.2) is 164 Å². The first kappa shape index (κ1) is 38.5. The molecule has 5 heteroatoms. The lowest BCUT2D eigenvalue weighted by Crippen LogP contribution is -2.25. The van der Waals surface area contributed by atoms with E-state index in [1.807, 2.05) is 86.5 Å². The number of hydrogen-bond donors (Lipinski definition) is 0. The standard InChI is InChI=1S/C69H76N4O/c1-11-13-14-16-26-50-33-36-63-66(57(50)23-12-2)58-35-34-56(45-64(58)73(63)65-43-53(37-38-70-65)69(8,9)10)74-55-30-22-29-54(44-55)71-46-72(62-32-20-19-31-61(62)71)67-59(49-24-17-15-18-25-49)40-48(39-47(3)4)41-60(67)51-27-21-28-52(42-51)68(5,6)7/h15,17-22,24-25,27-38,40-45,47H,11-14,16,23,26,39,46H2,1-10H3/i15D,17D,18D,21D,24D,25D,27D,28D,39D2,42D. The molecule has 0 radical (unpaired) electrons. The molecule has 378 valence electrons. The lowest BCUT2D eigenvalue weighted by Gasteiger charge is -2.29. The quantitative estimate of drug-likeness (QED) is 0.0904. The molecule has 0 bridgehead atoms. The van der Waals surface area contributed by atoms with Crippen LogP contribution >= 0.6 is 0 Å². The van der Waals surface area contributed by atoms with Crippen molar-refractivity contribution in [2.24, 2.45) is 5.92 Å². The molecule has 1 aliphatic heterocycles. The van der Waals surface area contributed by atoms with Gasteiger partial charge in [0.25, 0.3) is 0 Å². The maximum Gasteiger partial charge on any atom is 0.137 e. The van der Waals surface area contributed by atoms with Gasteiger partial charge in [0.05, 0.1) is 40.4 Å². The third-order valence-corrected chi connectivity index (χ3v) is 14.1. The molecule has 0 atom stereocenters. The van der Waals surface area contributed by atoms with E-state index in [1.54, 1.807) is 19.9 Å². The molecule has 3 heterocycles. The predicted molar refractivity (Wildman–Crippen MR) is 316 cm³/mol. The number of nitrogens with zero attached hydrogens (tertiary/aromatic N) is 4. The molecule has 2 aromatic heterocycles. The minimum atomic E-state index is -2.08. The van der Waals surface area contributed by atoms with Crippen LogP contribution in [0.4, 0.5) is 22.7 Å². The maximum absolute atomic E-state index is 9.89. The lowest BCUT2D eigenvalue weighted by molar-refractivity contribution is 0.483. The van der Waals surface area contributed by atoms with Crippen molar-refractivity contribution < 1.29 is 19.8 Å². The van der Waals surface area contributed by atoms with E-state index >= 15 is 0 Å². The van der Waals surface area contributed by atoms with Crippen molar-refractivity contribution in [1.29, 1.82) is 0 Å². The van der Waals surface area contributed by atoms with Crippen LogP contribution < -0.4 is 14.5 Å². The Morgan fingerprint density at radius 3 is 2.11 bits per heavy atom. The normalized spacial score (nSPS) is 15.2. The van der Waals surface area contributed by atoms with Crippen LogP contribution in [0.1, 0.15) is 144 Å². The lowest BCUT2D eigenvalue weighted by atomic mass is 9.84. The molecule has 0 N–H and O–H groups in total. The van der Waals surface area contributed by atoms with E-state index in [-0.39, 0.29) is 63.2 Å². The van der Waals surface area contributed by atoms with E-state index in [1.165, 1.54) is 47.4 Å². The third kappa shape index (κ3) is 10.2. The second kappa shape index (κ2) is 21.0. The second-order valence-corrected chi connectivity index (χ2v) is 22.1. The van der Waals surface area contributed by atoms with Crippen LogP contribution in [-0.4, -0.2) is 16.2 Å². The molecular weight excluding hydrogens is 901 g/mol. The Balaban J connectivity index is 1.15. The number of aromatic nitrogens is 2. The number of rotatable bonds is 16. The fourth-order valence-electron chi connectivity index (χ4n) is 10.5. The van der Waals surface area contributed by atoms with Gasteiger partial charge in [0, 0.05) is 48.7 Å². The van der Waals surface area contributed by atoms with Gasteiger partial charge in [-0.15, -0.1) is 0 Å². The van der Waals surface area contributed by atoms with Crippen molar-refractivity contribution >= 4 is 44.6 Å². The molecule has 0 saturated heterocycles. The number of fused-ring (bicyclic) bond motifs is 4. The molecule has 0 unspecified atom stereocenters. The van der Waals surface area contributed by atoms with E-state index in [9.17, 15) is 9.60 Å². The smallest absolute Gasteiger partial charge is 0.137 e. The number of benzene rings is 7. The van der Waals surface area contributed by atoms with Gasteiger partial charge < -0.3 is 14.5 Å². The van der Waals surface area contributed by atoms with E-state index in [2.05, 4.69) is 80.5 Å². The van der Waals surface area contributed by atoms with Crippen LogP contribution in [0, 0.1) is 5.92 Å². The second-order valence-electron chi connectivity index (χ2n) is 22.1. The minimum absolute atomic E-state index is 0.0413. The number of hydrogen-bond acceptors (Lipinski definition) is 4. The van der Waals surface area contributed by atoms with Crippen molar-refractivity contribution in [3.05, 3.63) is 192 Å². The molecule has 0 aliphatic carbocycles. The molecule has 7 aromatic carbocycles. The highest BCUT2D eigenvalue weighted by atomic mass is 16.5. The van der Waals surface area contributed by atoms with E-state index in [0.717, 1.165) is 59.3 Å². The summed E-state index contributed by atoms with van der Waals surface area (Å²) in [5.41, 5.74) is 7.70. The summed E-state index contributed by atoms with van der Waals surface area (Å²) >= 11 is 0. The van der Waals surface area contributed by atoms with Crippen molar-refractivity contribution in [3.8, 4) is 39.6 Å². The molecule has 0 spiro atoms. The Hall–Kier alpha value is -7.11. The monoisotopic (exact) mass is 988 g/mol. The summed E-state index contributed by atoms with van der Waals surface area (Å²) in [5, 5.41) is 2.37. The molecule has 10 rings (SSSR count). The molecule has 0 fully saturated rings. The van der Waals surface area contributed by atoms with Crippen molar-refractivity contribution in [3.63, 3.8) is 0 Å². The number of unbranched alkanes of at least 4 members (excludes halogenated alkanes) is 3. The van der Waals surface area contributed by atoms with Crippen molar-refractivity contribution in [2.45, 2.75) is 131 Å². The van der Waals surface area contributed by atoms with Gasteiger partial charge in [0.1, 0.15) is 24.0 Å². The van der Waals surface area contributed by atoms with E-state index < -0.39 is 60.0 Å². The number of aryl methyl sites for hydroxylation is 2. The number of pyridine rings is 1. The molecule has 9 aromatic rings. The molecule has 0 saturated carbocycles. The fourth-order valence-corrected chi connectivity index (χ4v) is 10.5. The summed E-state index contributed by atoms with van der Waals surface area (Å²) in [4.78, 5) is 8.99. The van der Waals surface area contributed by atoms with Crippen molar-refractivity contribution in [2.75, 3.05) is 16.5 Å². The van der Waals surface area contributed by atoms with Crippen LogP contribution in [0.25, 0.3) is 49.9 Å². The first-order chi connectivity index (χ1) is 40.2. The fraction of sp³-hybridized carbons (Fsp3) is 0.319. The average Bonchev–Trinajstić information content (AvgIpc) is 1.94. The van der Waals surface area contributed by atoms with Gasteiger partial charge in [-0.25, -0.2) is 4.98 Å². The van der Waals surface area contributed by atoms with Gasteiger partial charge in [0.15, 0.2) is 0 Å². The molecular formula is C69H76N4O. The summed E-state index contributed by atoms with van der Waals surface area (Å²) in [7, 11) is 0. The van der Waals surface area contributed by atoms with E-state index in [4.69, 9.17) is 15.2 Å². The van der Waals surface area contributed by atoms with Gasteiger partial charge in [-0.05, 0) is 148 Å². The zero-order valence-corrected chi connectivity index (χ0v) is 44.8. The molecule has 5 nitrogen and oxygen atoms in total. The SMILES string of the molecule is [2H]c1c([2H])c([2H])c(-c2cc(C([2H])([2H])C(C)C)cc(-c3c([2H])c([2H])c([2H])c(C(C)(C)C)c3[2H])c2N2CN(c3cccc(Oc4ccc5c6c(CCC)c(CCCCCC)ccc6n(-c6cc(C(C)(C)C)ccn6)c5c4)c3)c3ccccc32)c([2H])c1[2H]. The Morgan fingerprint density at radius 1 is 0.649 bits per heavy atom. The van der Waals surface area contributed by atoms with Gasteiger partial charge in [0.2, 0.25) is 0 Å². The Labute approximate surface area is 457 Å². The zero-order valence-electron chi connectivity index (χ0n) is 55.8. The molecule has 0 amide bonds. The number of para-hydroxylation sites is 2. The van der Waals surface area contributed by atoms with Crippen LogP contribution in [0.2, 0.25) is 0 Å². The van der Waals surface area contributed by atoms with Crippen LogP contribution in [0.3, 0.4) is 0 Å². The number of ether oxygens (including phenoxy) is 1. The predicted octanol–water partition coefficient (Wildman–Crippen LogP) is 19.4. The summed E-state index contributed by atoms with van der Waals surface area (Å²) in [6, 6.07) is 29.6. The van der Waals surface area contributed by atoms with Gasteiger partial charge >= 0.3 is 0 Å². The Kier molecular flexibility index (Phi) is 10.9. The largest absolute Gasteiger partial charge is 0.457 e. The Bertz CT molecular complexity index is 4050. The summed E-state index contributed by atoms with van der Waals surface area (Å²) in [6.45, 7) is 20.1. The van der Waals surface area contributed by atoms with Gasteiger partial charge in [-0.2, -0.15) is 0 Å². The van der Waals surface area contributed by atoms with Crippen LogP contribution in [0.5, 0.6) is 11.5 Å². The maximum atomic E-state index is 9.89. The highest BCUT2D eigenvalue weighted by Gasteiger charge is 2.32. The average molecular weight is 988 g/mol. The Morgan fingerprint density at radius 2 is 1.38 bits per heavy atom. The van der Waals surface area contributed by atoms with Crippen molar-refractivity contribution in [1.82, 2.24) is 9.55 Å². The molecule has 1 aliphatic rings. The zero-order chi connectivity index (χ0) is 61.4. The van der Waals surface area contributed by atoms with Crippen LogP contribution in [-0.2, 0) is 30.0 Å². The highest BCUT2D eigenvalue weighted by Crippen LogP contribution is 2.51. The first-order valence-electron chi connectivity index (χ1n) is 32.1. The summed E-state index contributed by atoms with van der Waals surface area (Å²) < 4.78 is 111. The van der Waals surface area contributed by atoms with E-state index in [0.29, 0.717) is 17.2 Å².